The van der Waals surface area contributed by atoms with Crippen LogP contribution in [0.25, 0.3) is 0 Å². The van der Waals surface area contributed by atoms with Crippen molar-refractivity contribution in [2.45, 2.75) is 13.0 Å². The highest BCUT2D eigenvalue weighted by molar-refractivity contribution is 7.07. The lowest BCUT2D eigenvalue weighted by Gasteiger charge is -2.17. The predicted molar refractivity (Wildman–Crippen MR) is 72.6 cm³/mol. The van der Waals surface area contributed by atoms with E-state index in [9.17, 15) is 9.90 Å². The van der Waals surface area contributed by atoms with Crippen molar-refractivity contribution in [3.63, 3.8) is 0 Å². The molecule has 2 rings (SSSR count). The number of phenolic OH excluding ortho intramolecular Hbond substituents is 1. The van der Waals surface area contributed by atoms with Crippen molar-refractivity contribution in [1.82, 2.24) is 4.90 Å². The van der Waals surface area contributed by atoms with Gasteiger partial charge in [0.25, 0.3) is 0 Å². The molecule has 0 aliphatic rings. The van der Waals surface area contributed by atoms with Crippen LogP contribution in [0.4, 0.5) is 0 Å². The second-order valence-corrected chi connectivity index (χ2v) is 5.00. The first-order chi connectivity index (χ1) is 8.65. The van der Waals surface area contributed by atoms with Gasteiger partial charge in [-0.2, -0.15) is 11.3 Å². The van der Waals surface area contributed by atoms with Crippen molar-refractivity contribution in [2.24, 2.45) is 0 Å². The summed E-state index contributed by atoms with van der Waals surface area (Å²) in [6, 6.07) is 8.88. The molecular weight excluding hydrogens is 246 g/mol. The molecule has 0 atom stereocenters. The average Bonchev–Trinajstić information content (AvgIpc) is 2.85. The molecule has 1 heterocycles. The zero-order valence-corrected chi connectivity index (χ0v) is 11.0. The minimum absolute atomic E-state index is 0.0986. The molecule has 0 aliphatic carbocycles. The van der Waals surface area contributed by atoms with Crippen molar-refractivity contribution in [1.29, 1.82) is 0 Å². The Morgan fingerprint density at radius 1 is 1.22 bits per heavy atom. The number of likely N-dealkylation sites (N-methyl/N-ethyl adjacent to an activating group) is 1. The molecule has 1 aromatic carbocycles. The third-order valence-corrected chi connectivity index (χ3v) is 3.45. The van der Waals surface area contributed by atoms with E-state index in [1.165, 1.54) is 0 Å². The molecule has 0 fully saturated rings. The second kappa shape index (κ2) is 5.69. The summed E-state index contributed by atoms with van der Waals surface area (Å²) < 4.78 is 0. The molecule has 4 heteroatoms. The van der Waals surface area contributed by atoms with Crippen molar-refractivity contribution < 1.29 is 9.90 Å². The summed E-state index contributed by atoms with van der Waals surface area (Å²) >= 11 is 1.60. The Balaban J connectivity index is 1.93. The topological polar surface area (TPSA) is 40.5 Å². The maximum absolute atomic E-state index is 12.0. The highest BCUT2D eigenvalue weighted by atomic mass is 32.1. The summed E-state index contributed by atoms with van der Waals surface area (Å²) in [7, 11) is 1.79. The fraction of sp³-hybridized carbons (Fsp3) is 0.214. The number of hydrogen-bond donors (Lipinski definition) is 1. The Labute approximate surface area is 110 Å². The number of nitrogens with zero attached hydrogens (tertiary/aromatic N) is 1. The summed E-state index contributed by atoms with van der Waals surface area (Å²) in [6.07, 6.45) is 0.443. The highest BCUT2D eigenvalue weighted by Crippen LogP contribution is 2.12. The first kappa shape index (κ1) is 12.6. The van der Waals surface area contributed by atoms with Crippen LogP contribution in [0.2, 0.25) is 0 Å². The standard InChI is InChI=1S/C14H15NO2S/c1-15(9-11-2-4-13(16)5-3-11)14(17)8-12-6-7-18-10-12/h2-7,10,16H,8-9H2,1H3. The molecular formula is C14H15NO2S. The van der Waals surface area contributed by atoms with Gasteiger partial charge < -0.3 is 10.0 Å². The molecule has 1 aromatic heterocycles. The van der Waals surface area contributed by atoms with Gasteiger partial charge in [-0.05, 0) is 40.1 Å². The van der Waals surface area contributed by atoms with E-state index in [2.05, 4.69) is 0 Å². The Bertz CT molecular complexity index is 505. The number of aromatic hydroxyl groups is 1. The van der Waals surface area contributed by atoms with Crippen LogP contribution in [-0.4, -0.2) is 23.0 Å². The van der Waals surface area contributed by atoms with E-state index in [1.54, 1.807) is 35.4 Å². The number of carbonyl (C=O) groups excluding carboxylic acids is 1. The number of hydrogen-bond acceptors (Lipinski definition) is 3. The van der Waals surface area contributed by atoms with Gasteiger partial charge in [0, 0.05) is 13.6 Å². The maximum atomic E-state index is 12.0. The molecule has 0 bridgehead atoms. The molecule has 0 unspecified atom stereocenters. The molecule has 0 saturated carbocycles. The van der Waals surface area contributed by atoms with Gasteiger partial charge in [0.15, 0.2) is 0 Å². The van der Waals surface area contributed by atoms with E-state index < -0.39 is 0 Å². The monoisotopic (exact) mass is 261 g/mol. The Kier molecular flexibility index (Phi) is 3.99. The lowest BCUT2D eigenvalue weighted by atomic mass is 10.2. The Hall–Kier alpha value is -1.81. The van der Waals surface area contributed by atoms with Crippen molar-refractivity contribution in [2.75, 3.05) is 7.05 Å². The summed E-state index contributed by atoms with van der Waals surface area (Å²) in [5.41, 5.74) is 2.07. The van der Waals surface area contributed by atoms with E-state index in [0.29, 0.717) is 13.0 Å². The molecule has 94 valence electrons. The van der Waals surface area contributed by atoms with Crippen LogP contribution in [0.1, 0.15) is 11.1 Å². The van der Waals surface area contributed by atoms with Gasteiger partial charge in [-0.25, -0.2) is 0 Å². The van der Waals surface area contributed by atoms with Crippen molar-refractivity contribution in [3.8, 4) is 5.75 Å². The number of rotatable bonds is 4. The number of amides is 1. The molecule has 18 heavy (non-hydrogen) atoms. The first-order valence-corrected chi connectivity index (χ1v) is 6.62. The normalized spacial score (nSPS) is 10.3. The van der Waals surface area contributed by atoms with Crippen LogP contribution in [0, 0.1) is 0 Å². The SMILES string of the molecule is CN(Cc1ccc(O)cc1)C(=O)Cc1ccsc1. The van der Waals surface area contributed by atoms with Gasteiger partial charge in [-0.3, -0.25) is 4.79 Å². The van der Waals surface area contributed by atoms with Gasteiger partial charge in [-0.1, -0.05) is 12.1 Å². The molecule has 2 aromatic rings. The Morgan fingerprint density at radius 3 is 2.56 bits per heavy atom. The minimum atomic E-state index is 0.0986. The summed E-state index contributed by atoms with van der Waals surface area (Å²) in [5, 5.41) is 13.2. The van der Waals surface area contributed by atoms with E-state index in [4.69, 9.17) is 0 Å². The third-order valence-electron chi connectivity index (χ3n) is 2.72. The maximum Gasteiger partial charge on any atom is 0.227 e. The molecule has 1 N–H and O–H groups in total. The van der Waals surface area contributed by atoms with Crippen LogP contribution >= 0.6 is 11.3 Å². The van der Waals surface area contributed by atoms with E-state index in [0.717, 1.165) is 11.1 Å². The lowest BCUT2D eigenvalue weighted by molar-refractivity contribution is -0.129. The second-order valence-electron chi connectivity index (χ2n) is 4.22. The van der Waals surface area contributed by atoms with Gasteiger partial charge in [-0.15, -0.1) is 0 Å². The third kappa shape index (κ3) is 3.34. The molecule has 0 spiro atoms. The van der Waals surface area contributed by atoms with Gasteiger partial charge in [0.2, 0.25) is 5.91 Å². The van der Waals surface area contributed by atoms with E-state index >= 15 is 0 Å². The fourth-order valence-electron chi connectivity index (χ4n) is 1.67. The van der Waals surface area contributed by atoms with Crippen LogP contribution in [0.3, 0.4) is 0 Å². The van der Waals surface area contributed by atoms with Crippen LogP contribution in [0.15, 0.2) is 41.1 Å². The highest BCUT2D eigenvalue weighted by Gasteiger charge is 2.10. The predicted octanol–water partition coefficient (Wildman–Crippen LogP) is 2.65. The quantitative estimate of drug-likeness (QED) is 0.919. The van der Waals surface area contributed by atoms with Crippen LogP contribution < -0.4 is 0 Å². The molecule has 1 amide bonds. The van der Waals surface area contributed by atoms with Crippen LogP contribution in [0.5, 0.6) is 5.75 Å². The zero-order chi connectivity index (χ0) is 13.0. The largest absolute Gasteiger partial charge is 0.508 e. The van der Waals surface area contributed by atoms with Crippen molar-refractivity contribution >= 4 is 17.2 Å². The zero-order valence-electron chi connectivity index (χ0n) is 10.2. The van der Waals surface area contributed by atoms with Crippen LogP contribution in [-0.2, 0) is 17.8 Å². The summed E-state index contributed by atoms with van der Waals surface area (Å²) in [5.74, 6) is 0.340. The summed E-state index contributed by atoms with van der Waals surface area (Å²) in [4.78, 5) is 13.7. The molecule has 0 aliphatic heterocycles. The van der Waals surface area contributed by atoms with Crippen molar-refractivity contribution in [3.05, 3.63) is 52.2 Å². The molecule has 0 radical (unpaired) electrons. The Morgan fingerprint density at radius 2 is 1.94 bits per heavy atom. The number of benzene rings is 1. The fourth-order valence-corrected chi connectivity index (χ4v) is 2.33. The van der Waals surface area contributed by atoms with E-state index in [-0.39, 0.29) is 11.7 Å². The smallest absolute Gasteiger partial charge is 0.227 e. The average molecular weight is 261 g/mol. The first-order valence-electron chi connectivity index (χ1n) is 5.68. The number of thiophene rings is 1. The number of carbonyl (C=O) groups is 1. The molecule has 0 saturated heterocycles. The summed E-state index contributed by atoms with van der Waals surface area (Å²) in [6.45, 7) is 0.559. The number of phenols is 1. The van der Waals surface area contributed by atoms with Gasteiger partial charge >= 0.3 is 0 Å². The van der Waals surface area contributed by atoms with Gasteiger partial charge in [0.1, 0.15) is 5.75 Å². The minimum Gasteiger partial charge on any atom is -0.508 e. The lowest BCUT2D eigenvalue weighted by Crippen LogP contribution is -2.27. The van der Waals surface area contributed by atoms with Gasteiger partial charge in [0.05, 0.1) is 6.42 Å². The molecule has 3 nitrogen and oxygen atoms in total. The van der Waals surface area contributed by atoms with E-state index in [1.807, 2.05) is 29.0 Å².